The van der Waals surface area contributed by atoms with Crippen molar-refractivity contribution in [3.8, 4) is 0 Å². The van der Waals surface area contributed by atoms with Crippen LogP contribution < -0.4 is 11.1 Å². The monoisotopic (exact) mass is 280 g/mol. The van der Waals surface area contributed by atoms with Crippen LogP contribution in [0.3, 0.4) is 0 Å². The maximum atomic E-state index is 13.8. The predicted octanol–water partition coefficient (Wildman–Crippen LogP) is 2.44. The fraction of sp³-hybridized carbons (Fsp3) is 0.533. The Hall–Kier alpha value is -1.62. The second-order valence-corrected chi connectivity index (χ2v) is 5.29. The van der Waals surface area contributed by atoms with Crippen LogP contribution in [0.5, 0.6) is 0 Å². The smallest absolute Gasteiger partial charge is 0.243 e. The highest BCUT2D eigenvalue weighted by molar-refractivity contribution is 5.88. The van der Waals surface area contributed by atoms with Crippen molar-refractivity contribution in [1.82, 2.24) is 0 Å². The van der Waals surface area contributed by atoms with Crippen molar-refractivity contribution < 1.29 is 13.9 Å². The topological polar surface area (TPSA) is 64.3 Å². The Morgan fingerprint density at radius 2 is 2.30 bits per heavy atom. The Morgan fingerprint density at radius 1 is 1.55 bits per heavy atom. The van der Waals surface area contributed by atoms with Crippen molar-refractivity contribution in [1.29, 1.82) is 0 Å². The summed E-state index contributed by atoms with van der Waals surface area (Å²) in [5.74, 6) is -0.836. The molecule has 0 saturated carbocycles. The minimum Gasteiger partial charge on any atom is -0.378 e. The summed E-state index contributed by atoms with van der Waals surface area (Å²) in [4.78, 5) is 11.9. The van der Waals surface area contributed by atoms with Crippen LogP contribution in [0.15, 0.2) is 24.3 Å². The molecule has 1 heterocycles. The highest BCUT2D eigenvalue weighted by Crippen LogP contribution is 2.31. The fourth-order valence-electron chi connectivity index (χ4n) is 2.68. The van der Waals surface area contributed by atoms with E-state index in [1.54, 1.807) is 18.2 Å². The SMILES string of the molecule is CCCC1CC(Nc2ccccc2F)(C(N)=O)CCO1. The molecule has 110 valence electrons. The van der Waals surface area contributed by atoms with E-state index < -0.39 is 11.4 Å². The lowest BCUT2D eigenvalue weighted by atomic mass is 9.84. The first kappa shape index (κ1) is 14.8. The average Bonchev–Trinajstić information content (AvgIpc) is 2.42. The Balaban J connectivity index is 2.21. The van der Waals surface area contributed by atoms with E-state index in [1.165, 1.54) is 6.07 Å². The summed E-state index contributed by atoms with van der Waals surface area (Å²) < 4.78 is 19.4. The number of ether oxygens (including phenoxy) is 1. The normalized spacial score (nSPS) is 26.2. The first-order valence-electron chi connectivity index (χ1n) is 7.01. The third-order valence-corrected chi connectivity index (χ3v) is 3.79. The second-order valence-electron chi connectivity index (χ2n) is 5.29. The molecule has 0 aliphatic carbocycles. The van der Waals surface area contributed by atoms with E-state index in [1.807, 2.05) is 0 Å². The molecule has 1 saturated heterocycles. The van der Waals surface area contributed by atoms with E-state index >= 15 is 0 Å². The Labute approximate surface area is 118 Å². The van der Waals surface area contributed by atoms with Gasteiger partial charge >= 0.3 is 0 Å². The molecule has 1 amide bonds. The highest BCUT2D eigenvalue weighted by atomic mass is 19.1. The van der Waals surface area contributed by atoms with Crippen LogP contribution in [0.25, 0.3) is 0 Å². The van der Waals surface area contributed by atoms with Crippen LogP contribution in [0.4, 0.5) is 10.1 Å². The number of carbonyl (C=O) groups excluding carboxylic acids is 1. The van der Waals surface area contributed by atoms with Crippen LogP contribution in [0, 0.1) is 5.82 Å². The first-order chi connectivity index (χ1) is 9.57. The van der Waals surface area contributed by atoms with E-state index in [9.17, 15) is 9.18 Å². The van der Waals surface area contributed by atoms with Gasteiger partial charge in [0.1, 0.15) is 11.4 Å². The molecule has 1 aliphatic heterocycles. The van der Waals surface area contributed by atoms with E-state index in [4.69, 9.17) is 10.5 Å². The van der Waals surface area contributed by atoms with Crippen LogP contribution in [0.1, 0.15) is 32.6 Å². The van der Waals surface area contributed by atoms with E-state index in [-0.39, 0.29) is 11.9 Å². The van der Waals surface area contributed by atoms with E-state index in [2.05, 4.69) is 12.2 Å². The second kappa shape index (κ2) is 6.22. The maximum Gasteiger partial charge on any atom is 0.243 e. The molecule has 2 atom stereocenters. The van der Waals surface area contributed by atoms with Gasteiger partial charge in [0.15, 0.2) is 0 Å². The number of halogens is 1. The Morgan fingerprint density at radius 3 is 2.95 bits per heavy atom. The minimum absolute atomic E-state index is 0.0134. The number of hydrogen-bond donors (Lipinski definition) is 2. The highest BCUT2D eigenvalue weighted by Gasteiger charge is 2.42. The van der Waals surface area contributed by atoms with Gasteiger partial charge in [-0.2, -0.15) is 0 Å². The number of hydrogen-bond acceptors (Lipinski definition) is 3. The molecular weight excluding hydrogens is 259 g/mol. The molecule has 0 spiro atoms. The van der Waals surface area contributed by atoms with Crippen LogP contribution >= 0.6 is 0 Å². The van der Waals surface area contributed by atoms with Crippen molar-refractivity contribution in [3.05, 3.63) is 30.1 Å². The molecule has 1 aromatic rings. The fourth-order valence-corrected chi connectivity index (χ4v) is 2.68. The summed E-state index contributed by atoms with van der Waals surface area (Å²) in [7, 11) is 0. The quantitative estimate of drug-likeness (QED) is 0.870. The van der Waals surface area contributed by atoms with Gasteiger partial charge in [0.25, 0.3) is 0 Å². The number of benzene rings is 1. The molecule has 3 N–H and O–H groups in total. The van der Waals surface area contributed by atoms with Crippen molar-refractivity contribution in [2.24, 2.45) is 5.73 Å². The lowest BCUT2D eigenvalue weighted by molar-refractivity contribution is -0.127. The van der Waals surface area contributed by atoms with Gasteiger partial charge in [0, 0.05) is 19.4 Å². The van der Waals surface area contributed by atoms with Gasteiger partial charge in [-0.05, 0) is 18.6 Å². The van der Waals surface area contributed by atoms with Crippen molar-refractivity contribution in [2.45, 2.75) is 44.2 Å². The summed E-state index contributed by atoms with van der Waals surface area (Å²) in [6.07, 6.45) is 2.76. The third kappa shape index (κ3) is 3.10. The molecule has 20 heavy (non-hydrogen) atoms. The molecule has 2 unspecified atom stereocenters. The van der Waals surface area contributed by atoms with Gasteiger partial charge in [-0.1, -0.05) is 25.5 Å². The molecule has 5 heteroatoms. The number of nitrogens with two attached hydrogens (primary N) is 1. The van der Waals surface area contributed by atoms with Gasteiger partial charge < -0.3 is 15.8 Å². The molecule has 1 aliphatic rings. The largest absolute Gasteiger partial charge is 0.378 e. The van der Waals surface area contributed by atoms with E-state index in [0.717, 1.165) is 12.8 Å². The lowest BCUT2D eigenvalue weighted by Gasteiger charge is -2.39. The minimum atomic E-state index is -0.930. The van der Waals surface area contributed by atoms with Crippen LogP contribution in [-0.4, -0.2) is 24.2 Å². The summed E-state index contributed by atoms with van der Waals surface area (Å²) in [6, 6.07) is 6.31. The molecule has 0 bridgehead atoms. The Bertz CT molecular complexity index is 479. The maximum absolute atomic E-state index is 13.8. The number of anilines is 1. The zero-order valence-electron chi connectivity index (χ0n) is 11.7. The summed E-state index contributed by atoms with van der Waals surface area (Å²) >= 11 is 0. The summed E-state index contributed by atoms with van der Waals surface area (Å²) in [5, 5.41) is 3.02. The van der Waals surface area contributed by atoms with Crippen molar-refractivity contribution >= 4 is 11.6 Å². The van der Waals surface area contributed by atoms with Crippen LogP contribution in [0.2, 0.25) is 0 Å². The van der Waals surface area contributed by atoms with Gasteiger partial charge in [-0.25, -0.2) is 4.39 Å². The molecule has 0 radical (unpaired) electrons. The first-order valence-corrected chi connectivity index (χ1v) is 7.01. The van der Waals surface area contributed by atoms with Gasteiger partial charge in [0.2, 0.25) is 5.91 Å². The summed E-state index contributed by atoms with van der Waals surface area (Å²) in [6.45, 7) is 2.52. The Kier molecular flexibility index (Phi) is 4.60. The summed E-state index contributed by atoms with van der Waals surface area (Å²) in [5.41, 5.74) is 4.96. The molecule has 4 nitrogen and oxygen atoms in total. The van der Waals surface area contributed by atoms with Crippen molar-refractivity contribution in [3.63, 3.8) is 0 Å². The molecule has 1 fully saturated rings. The van der Waals surface area contributed by atoms with Gasteiger partial charge in [-0.3, -0.25) is 4.79 Å². The zero-order valence-corrected chi connectivity index (χ0v) is 11.7. The number of primary amides is 1. The number of rotatable bonds is 5. The number of nitrogens with one attached hydrogen (secondary N) is 1. The van der Waals surface area contributed by atoms with Gasteiger partial charge in [-0.15, -0.1) is 0 Å². The third-order valence-electron chi connectivity index (χ3n) is 3.79. The van der Waals surface area contributed by atoms with Crippen LogP contribution in [-0.2, 0) is 9.53 Å². The molecule has 0 aromatic heterocycles. The number of carbonyl (C=O) groups is 1. The van der Waals surface area contributed by atoms with Gasteiger partial charge in [0.05, 0.1) is 11.8 Å². The standard InChI is InChI=1S/C15H21FN2O2/c1-2-5-11-10-15(14(17)19,8-9-20-11)18-13-7-4-3-6-12(13)16/h3-4,6-7,11,18H,2,5,8-10H2,1H3,(H2,17,19). The lowest BCUT2D eigenvalue weighted by Crippen LogP contribution is -2.56. The molecular formula is C15H21FN2O2. The molecule has 1 aromatic carbocycles. The van der Waals surface area contributed by atoms with Crippen molar-refractivity contribution in [2.75, 3.05) is 11.9 Å². The number of para-hydroxylation sites is 1. The van der Waals surface area contributed by atoms with E-state index in [0.29, 0.717) is 25.1 Å². The average molecular weight is 280 g/mol. The number of amides is 1. The molecule has 2 rings (SSSR count). The zero-order chi connectivity index (χ0) is 14.6. The predicted molar refractivity (Wildman–Crippen MR) is 75.8 cm³/mol.